The fourth-order valence-corrected chi connectivity index (χ4v) is 1.82. The average Bonchev–Trinajstić information content (AvgIpc) is 2.12. The van der Waals surface area contributed by atoms with Crippen LogP contribution in [-0.2, 0) is 0 Å². The molecular formula is C10H10BrCl2N. The van der Waals surface area contributed by atoms with Crippen LogP contribution in [0, 0.1) is 6.92 Å². The minimum absolute atomic E-state index is 0.543. The predicted octanol–water partition coefficient (Wildman–Crippen LogP) is 4.49. The molecule has 1 aromatic carbocycles. The fourth-order valence-electron chi connectivity index (χ4n) is 1.06. The average molecular weight is 295 g/mol. The Morgan fingerprint density at radius 2 is 2.21 bits per heavy atom. The van der Waals surface area contributed by atoms with Gasteiger partial charge in [0, 0.05) is 20.7 Å². The Kier molecular flexibility index (Phi) is 4.79. The number of halogens is 3. The molecule has 1 rings (SSSR count). The van der Waals surface area contributed by atoms with E-state index < -0.39 is 0 Å². The molecule has 1 aromatic rings. The molecule has 0 saturated carbocycles. The van der Waals surface area contributed by atoms with E-state index in [1.165, 1.54) is 11.1 Å². The van der Waals surface area contributed by atoms with Crippen molar-refractivity contribution in [3.63, 3.8) is 0 Å². The van der Waals surface area contributed by atoms with Gasteiger partial charge in [0.05, 0.1) is 6.54 Å². The van der Waals surface area contributed by atoms with E-state index in [-0.39, 0.29) is 0 Å². The second-order valence-corrected chi connectivity index (χ2v) is 4.55. The maximum Gasteiger partial charge on any atom is 0.0516 e. The summed E-state index contributed by atoms with van der Waals surface area (Å²) in [6.45, 7) is 2.58. The SMILES string of the molecule is Cc1cc(Br)cc(NC/C(Cl)=C/Cl)c1. The molecule has 0 atom stereocenters. The summed E-state index contributed by atoms with van der Waals surface area (Å²) < 4.78 is 1.05. The topological polar surface area (TPSA) is 12.0 Å². The normalized spacial score (nSPS) is 11.6. The number of hydrogen-bond acceptors (Lipinski definition) is 1. The van der Waals surface area contributed by atoms with Crippen LogP contribution in [0.25, 0.3) is 0 Å². The molecule has 76 valence electrons. The molecule has 0 bridgehead atoms. The molecule has 0 aliphatic carbocycles. The zero-order chi connectivity index (χ0) is 10.6. The molecule has 0 aliphatic rings. The molecule has 0 heterocycles. The quantitative estimate of drug-likeness (QED) is 0.866. The van der Waals surface area contributed by atoms with E-state index >= 15 is 0 Å². The van der Waals surface area contributed by atoms with Crippen molar-refractivity contribution in [1.29, 1.82) is 0 Å². The molecule has 1 N–H and O–H groups in total. The van der Waals surface area contributed by atoms with Crippen molar-refractivity contribution in [3.05, 3.63) is 38.8 Å². The van der Waals surface area contributed by atoms with Gasteiger partial charge in [0.15, 0.2) is 0 Å². The molecule has 0 aromatic heterocycles. The zero-order valence-corrected chi connectivity index (χ0v) is 10.7. The maximum absolute atomic E-state index is 5.75. The van der Waals surface area contributed by atoms with Gasteiger partial charge in [-0.05, 0) is 30.7 Å². The molecule has 14 heavy (non-hydrogen) atoms. The van der Waals surface area contributed by atoms with E-state index in [2.05, 4.69) is 21.2 Å². The first-order chi connectivity index (χ1) is 6.61. The number of nitrogens with one attached hydrogen (secondary N) is 1. The molecule has 0 fully saturated rings. The van der Waals surface area contributed by atoms with E-state index in [9.17, 15) is 0 Å². The lowest BCUT2D eigenvalue weighted by molar-refractivity contribution is 1.30. The van der Waals surface area contributed by atoms with E-state index in [0.29, 0.717) is 11.6 Å². The first kappa shape index (κ1) is 11.9. The summed E-state index contributed by atoms with van der Waals surface area (Å²) in [5.74, 6) is 0. The third kappa shape index (κ3) is 3.91. The lowest BCUT2D eigenvalue weighted by Gasteiger charge is -2.06. The minimum atomic E-state index is 0.543. The van der Waals surface area contributed by atoms with Gasteiger partial charge in [-0.25, -0.2) is 0 Å². The van der Waals surface area contributed by atoms with Gasteiger partial charge in [0.2, 0.25) is 0 Å². The summed E-state index contributed by atoms with van der Waals surface area (Å²) in [4.78, 5) is 0. The molecule has 0 spiro atoms. The Labute approximate surface area is 102 Å². The van der Waals surface area contributed by atoms with E-state index in [0.717, 1.165) is 10.2 Å². The summed E-state index contributed by atoms with van der Waals surface area (Å²) in [6.07, 6.45) is 0. The number of benzene rings is 1. The van der Waals surface area contributed by atoms with Gasteiger partial charge < -0.3 is 5.32 Å². The summed E-state index contributed by atoms with van der Waals surface area (Å²) in [5, 5.41) is 3.75. The van der Waals surface area contributed by atoms with Crippen molar-refractivity contribution in [2.45, 2.75) is 6.92 Å². The standard InChI is InChI=1S/C10H10BrCl2N/c1-7-2-8(11)4-10(3-7)14-6-9(13)5-12/h2-5,14H,6H2,1H3/b9-5-. The van der Waals surface area contributed by atoms with Crippen LogP contribution in [0.15, 0.2) is 33.2 Å². The van der Waals surface area contributed by atoms with Crippen molar-refractivity contribution in [1.82, 2.24) is 0 Å². The number of rotatable bonds is 3. The maximum atomic E-state index is 5.75. The second kappa shape index (κ2) is 5.64. The predicted molar refractivity (Wildman–Crippen MR) is 67.2 cm³/mol. The Bertz CT molecular complexity index is 330. The second-order valence-electron chi connectivity index (χ2n) is 2.93. The van der Waals surface area contributed by atoms with Crippen molar-refractivity contribution in [2.75, 3.05) is 11.9 Å². The lowest BCUT2D eigenvalue weighted by Crippen LogP contribution is -2.01. The molecule has 0 aliphatic heterocycles. The summed E-state index contributed by atoms with van der Waals surface area (Å²) in [5.41, 5.74) is 3.57. The first-order valence-electron chi connectivity index (χ1n) is 4.07. The third-order valence-corrected chi connectivity index (χ3v) is 2.70. The Hall–Kier alpha value is -0.180. The molecule has 0 amide bonds. The van der Waals surface area contributed by atoms with Gasteiger partial charge in [-0.1, -0.05) is 39.1 Å². The van der Waals surface area contributed by atoms with Gasteiger partial charge in [0.1, 0.15) is 0 Å². The van der Waals surface area contributed by atoms with Crippen LogP contribution in [-0.4, -0.2) is 6.54 Å². The molecule has 0 radical (unpaired) electrons. The van der Waals surface area contributed by atoms with Crippen LogP contribution < -0.4 is 5.32 Å². The van der Waals surface area contributed by atoms with Crippen LogP contribution >= 0.6 is 39.1 Å². The Morgan fingerprint density at radius 3 is 2.79 bits per heavy atom. The molecular weight excluding hydrogens is 285 g/mol. The molecule has 1 nitrogen and oxygen atoms in total. The van der Waals surface area contributed by atoms with Crippen LogP contribution in [0.5, 0.6) is 0 Å². The van der Waals surface area contributed by atoms with Crippen molar-refractivity contribution >= 4 is 44.8 Å². The highest BCUT2D eigenvalue weighted by Gasteiger charge is 1.96. The summed E-state index contributed by atoms with van der Waals surface area (Å²) in [7, 11) is 0. The van der Waals surface area contributed by atoms with Crippen LogP contribution in [0.4, 0.5) is 5.69 Å². The molecule has 0 unspecified atom stereocenters. The highest BCUT2D eigenvalue weighted by Crippen LogP contribution is 2.19. The number of aryl methyl sites for hydroxylation is 1. The Morgan fingerprint density at radius 1 is 1.50 bits per heavy atom. The summed E-state index contributed by atoms with van der Waals surface area (Å²) >= 11 is 14.6. The van der Waals surface area contributed by atoms with Gasteiger partial charge in [-0.3, -0.25) is 0 Å². The van der Waals surface area contributed by atoms with Crippen LogP contribution in [0.2, 0.25) is 0 Å². The van der Waals surface area contributed by atoms with E-state index in [1.807, 2.05) is 25.1 Å². The lowest BCUT2D eigenvalue weighted by atomic mass is 10.2. The van der Waals surface area contributed by atoms with Crippen molar-refractivity contribution < 1.29 is 0 Å². The van der Waals surface area contributed by atoms with E-state index in [4.69, 9.17) is 23.2 Å². The smallest absolute Gasteiger partial charge is 0.0516 e. The van der Waals surface area contributed by atoms with Crippen LogP contribution in [0.3, 0.4) is 0 Å². The highest BCUT2D eigenvalue weighted by molar-refractivity contribution is 9.10. The van der Waals surface area contributed by atoms with Crippen molar-refractivity contribution in [3.8, 4) is 0 Å². The zero-order valence-electron chi connectivity index (χ0n) is 7.65. The third-order valence-electron chi connectivity index (χ3n) is 1.62. The van der Waals surface area contributed by atoms with Gasteiger partial charge >= 0.3 is 0 Å². The van der Waals surface area contributed by atoms with Gasteiger partial charge in [-0.2, -0.15) is 0 Å². The summed E-state index contributed by atoms with van der Waals surface area (Å²) in [6, 6.07) is 6.08. The molecule has 4 heteroatoms. The first-order valence-corrected chi connectivity index (χ1v) is 5.68. The Balaban J connectivity index is 2.67. The highest BCUT2D eigenvalue weighted by atomic mass is 79.9. The van der Waals surface area contributed by atoms with Gasteiger partial charge in [0.25, 0.3) is 0 Å². The number of anilines is 1. The van der Waals surface area contributed by atoms with E-state index in [1.54, 1.807) is 0 Å². The minimum Gasteiger partial charge on any atom is -0.380 e. The fraction of sp³-hybridized carbons (Fsp3) is 0.200. The van der Waals surface area contributed by atoms with Crippen LogP contribution in [0.1, 0.15) is 5.56 Å². The monoisotopic (exact) mass is 293 g/mol. The number of hydrogen-bond donors (Lipinski definition) is 1. The molecule has 0 saturated heterocycles. The van der Waals surface area contributed by atoms with Gasteiger partial charge in [-0.15, -0.1) is 0 Å². The van der Waals surface area contributed by atoms with Crippen molar-refractivity contribution in [2.24, 2.45) is 0 Å². The largest absolute Gasteiger partial charge is 0.380 e.